The zero-order chi connectivity index (χ0) is 15.9. The van der Waals surface area contributed by atoms with E-state index in [2.05, 4.69) is 10.2 Å². The molecule has 1 saturated heterocycles. The van der Waals surface area contributed by atoms with Gasteiger partial charge in [-0.15, -0.1) is 0 Å². The highest BCUT2D eigenvalue weighted by molar-refractivity contribution is 6.17. The zero-order valence-corrected chi connectivity index (χ0v) is 11.6. The fraction of sp³-hybridized carbons (Fsp3) is 0.286. The van der Waals surface area contributed by atoms with Crippen LogP contribution in [0.25, 0.3) is 0 Å². The van der Waals surface area contributed by atoms with Gasteiger partial charge in [0.15, 0.2) is 0 Å². The van der Waals surface area contributed by atoms with Gasteiger partial charge in [-0.2, -0.15) is 15.5 Å². The molecule has 8 nitrogen and oxygen atoms in total. The van der Waals surface area contributed by atoms with Crippen molar-refractivity contribution in [3.05, 3.63) is 35.9 Å². The number of urea groups is 1. The molecule has 2 heterocycles. The number of rotatable bonds is 1. The van der Waals surface area contributed by atoms with Gasteiger partial charge in [-0.1, -0.05) is 18.2 Å². The van der Waals surface area contributed by atoms with Gasteiger partial charge < -0.3 is 0 Å². The van der Waals surface area contributed by atoms with Crippen molar-refractivity contribution < 1.29 is 14.4 Å². The summed E-state index contributed by atoms with van der Waals surface area (Å²) in [5.74, 6) is -2.37. The van der Waals surface area contributed by atoms with Gasteiger partial charge in [0, 0.05) is 12.6 Å². The number of likely N-dealkylation sites (N-methyl/N-ethyl adjacent to an activating group) is 1. The topological polar surface area (TPSA) is 106 Å². The first kappa shape index (κ1) is 13.9. The first-order valence-corrected chi connectivity index (χ1v) is 6.54. The van der Waals surface area contributed by atoms with E-state index in [-0.39, 0.29) is 12.1 Å². The Balaban J connectivity index is 2.14. The van der Waals surface area contributed by atoms with Gasteiger partial charge in [0.25, 0.3) is 17.5 Å². The van der Waals surface area contributed by atoms with Crippen molar-refractivity contribution in [1.29, 1.82) is 5.26 Å². The molecule has 0 saturated carbocycles. The summed E-state index contributed by atoms with van der Waals surface area (Å²) in [4.78, 5) is 39.0. The molecule has 0 aromatic heterocycles. The molecule has 4 amide bonds. The molecule has 22 heavy (non-hydrogen) atoms. The molecule has 8 heteroatoms. The molecule has 2 aliphatic heterocycles. The van der Waals surface area contributed by atoms with Crippen LogP contribution in [0.15, 0.2) is 40.6 Å². The molecule has 110 valence electrons. The molecule has 1 fully saturated rings. The van der Waals surface area contributed by atoms with E-state index in [0.29, 0.717) is 0 Å². The normalized spacial score (nSPS) is 26.8. The summed E-state index contributed by atoms with van der Waals surface area (Å²) in [5, 5.41) is 16.8. The third-order valence-corrected chi connectivity index (χ3v) is 3.79. The highest BCUT2D eigenvalue weighted by Crippen LogP contribution is 2.40. The fourth-order valence-corrected chi connectivity index (χ4v) is 2.63. The monoisotopic (exact) mass is 297 g/mol. The molecule has 1 aromatic carbocycles. The summed E-state index contributed by atoms with van der Waals surface area (Å²) in [7, 11) is 1.26. The number of hydrogen-bond acceptors (Lipinski definition) is 6. The van der Waals surface area contributed by atoms with E-state index in [1.54, 1.807) is 18.2 Å². The second-order valence-electron chi connectivity index (χ2n) is 4.99. The average Bonchev–Trinajstić information content (AvgIpc) is 3.05. The number of benzene rings is 1. The third kappa shape index (κ3) is 1.59. The Morgan fingerprint density at radius 3 is 2.68 bits per heavy atom. The van der Waals surface area contributed by atoms with E-state index in [9.17, 15) is 19.6 Å². The molecule has 2 atom stereocenters. The van der Waals surface area contributed by atoms with Crippen LogP contribution in [0, 0.1) is 17.2 Å². The van der Waals surface area contributed by atoms with Crippen LogP contribution in [-0.4, -0.2) is 46.9 Å². The molecular weight excluding hydrogens is 286 g/mol. The molecular formula is C14H11N5O3. The molecule has 0 radical (unpaired) electrons. The van der Waals surface area contributed by atoms with Crippen molar-refractivity contribution in [2.45, 2.75) is 5.66 Å². The predicted molar refractivity (Wildman–Crippen MR) is 72.3 cm³/mol. The lowest BCUT2D eigenvalue weighted by atomic mass is 9.93. The van der Waals surface area contributed by atoms with Gasteiger partial charge in [-0.3, -0.25) is 14.5 Å². The van der Waals surface area contributed by atoms with Crippen LogP contribution in [0.5, 0.6) is 0 Å². The van der Waals surface area contributed by atoms with E-state index in [1.165, 1.54) is 19.2 Å². The number of nitrogens with zero attached hydrogens (tertiary/aromatic N) is 5. The first-order valence-electron chi connectivity index (χ1n) is 6.54. The van der Waals surface area contributed by atoms with Crippen molar-refractivity contribution in [2.75, 3.05) is 13.6 Å². The molecule has 0 unspecified atom stereocenters. The number of carbonyl (C=O) groups is 3. The summed E-state index contributed by atoms with van der Waals surface area (Å²) < 4.78 is 0. The Labute approximate surface area is 125 Å². The average molecular weight is 297 g/mol. The Morgan fingerprint density at radius 2 is 2.05 bits per heavy atom. The van der Waals surface area contributed by atoms with Crippen molar-refractivity contribution in [1.82, 2.24) is 9.80 Å². The second-order valence-corrected chi connectivity index (χ2v) is 4.99. The van der Waals surface area contributed by atoms with Crippen LogP contribution >= 0.6 is 0 Å². The predicted octanol–water partition coefficient (Wildman–Crippen LogP) is 1.02. The summed E-state index contributed by atoms with van der Waals surface area (Å²) in [5.41, 5.74) is -1.65. The number of hydrogen-bond donors (Lipinski definition) is 0. The minimum absolute atomic E-state index is 0.0259. The lowest BCUT2D eigenvalue weighted by Crippen LogP contribution is -2.54. The summed E-state index contributed by atoms with van der Waals surface area (Å²) in [6, 6.07) is 9.18. The third-order valence-electron chi connectivity index (χ3n) is 3.79. The van der Waals surface area contributed by atoms with Gasteiger partial charge in [-0.25, -0.2) is 9.69 Å². The number of imide groups is 2. The van der Waals surface area contributed by atoms with Crippen molar-refractivity contribution >= 4 is 17.8 Å². The largest absolute Gasteiger partial charge is 0.336 e. The maximum absolute atomic E-state index is 12.7. The van der Waals surface area contributed by atoms with Gasteiger partial charge >= 0.3 is 6.03 Å². The van der Waals surface area contributed by atoms with Crippen molar-refractivity contribution in [2.24, 2.45) is 16.1 Å². The van der Waals surface area contributed by atoms with Crippen LogP contribution in [-0.2, 0) is 4.79 Å². The van der Waals surface area contributed by atoms with E-state index in [4.69, 9.17) is 0 Å². The Morgan fingerprint density at radius 1 is 1.36 bits per heavy atom. The highest BCUT2D eigenvalue weighted by Gasteiger charge is 2.66. The standard InChI is InChI=1S/C14H11N5O3/c1-18-12(21)14(10(7-15)8-16-17-14)19(13(18)22)11(20)9-5-3-2-4-6-9/h2-6,10H,8H2,1H3/t10-,14+/m1/s1. The minimum Gasteiger partial charge on any atom is -0.269 e. The molecule has 1 spiro atoms. The van der Waals surface area contributed by atoms with Crippen LogP contribution in [0.4, 0.5) is 4.79 Å². The zero-order valence-electron chi connectivity index (χ0n) is 11.6. The van der Waals surface area contributed by atoms with Crippen LogP contribution in [0.3, 0.4) is 0 Å². The lowest BCUT2D eigenvalue weighted by molar-refractivity contribution is -0.132. The lowest BCUT2D eigenvalue weighted by Gasteiger charge is -2.28. The molecule has 1 aromatic rings. The molecule has 0 aliphatic carbocycles. The smallest absolute Gasteiger partial charge is 0.269 e. The first-order chi connectivity index (χ1) is 10.5. The summed E-state index contributed by atoms with van der Waals surface area (Å²) in [6.07, 6.45) is 0. The molecule has 2 aliphatic rings. The van der Waals surface area contributed by atoms with Crippen LogP contribution in [0.1, 0.15) is 10.4 Å². The van der Waals surface area contributed by atoms with E-state index in [0.717, 1.165) is 9.80 Å². The van der Waals surface area contributed by atoms with E-state index in [1.807, 2.05) is 6.07 Å². The minimum atomic E-state index is -1.88. The Hall–Kier alpha value is -3.08. The van der Waals surface area contributed by atoms with Gasteiger partial charge in [-0.05, 0) is 12.1 Å². The molecule has 0 N–H and O–H groups in total. The summed E-state index contributed by atoms with van der Waals surface area (Å²) >= 11 is 0. The summed E-state index contributed by atoms with van der Waals surface area (Å²) in [6.45, 7) is -0.0259. The van der Waals surface area contributed by atoms with E-state index < -0.39 is 29.4 Å². The van der Waals surface area contributed by atoms with Gasteiger partial charge in [0.2, 0.25) is 0 Å². The quantitative estimate of drug-likeness (QED) is 0.721. The molecule has 0 bridgehead atoms. The Bertz CT molecular complexity index is 739. The van der Waals surface area contributed by atoms with Crippen LogP contribution < -0.4 is 0 Å². The maximum atomic E-state index is 12.7. The van der Waals surface area contributed by atoms with Gasteiger partial charge in [0.05, 0.1) is 12.6 Å². The SMILES string of the molecule is CN1C(=O)N(C(=O)c2ccccc2)[C@]2(N=NC[C@H]2C#N)C1=O. The number of nitriles is 1. The fourth-order valence-electron chi connectivity index (χ4n) is 2.63. The molecule has 3 rings (SSSR count). The van der Waals surface area contributed by atoms with Crippen molar-refractivity contribution in [3.8, 4) is 6.07 Å². The second kappa shape index (κ2) is 4.73. The van der Waals surface area contributed by atoms with Gasteiger partial charge in [0.1, 0.15) is 5.92 Å². The Kier molecular flexibility index (Phi) is 2.99. The van der Waals surface area contributed by atoms with Crippen molar-refractivity contribution in [3.63, 3.8) is 0 Å². The van der Waals surface area contributed by atoms with E-state index >= 15 is 0 Å². The number of amides is 4. The van der Waals surface area contributed by atoms with Crippen LogP contribution in [0.2, 0.25) is 0 Å². The maximum Gasteiger partial charge on any atom is 0.336 e. The highest BCUT2D eigenvalue weighted by atomic mass is 16.2. The number of azo groups is 1. The number of carbonyl (C=O) groups excluding carboxylic acids is 3.